The Kier molecular flexibility index (Phi) is 31.1. The number of nitrogens with one attached hydrogen (secondary N) is 5. The first-order chi connectivity index (χ1) is 52.6. The van der Waals surface area contributed by atoms with Gasteiger partial charge in [-0.25, -0.2) is 82.6 Å². The predicted octanol–water partition coefficient (Wildman–Crippen LogP) is 17.3. The number of H-pyrrole nitrogens is 1. The van der Waals surface area contributed by atoms with Crippen LogP contribution in [0, 0.1) is 23.3 Å². The van der Waals surface area contributed by atoms with Gasteiger partial charge in [-0.1, -0.05) is 26.8 Å². The summed E-state index contributed by atoms with van der Waals surface area (Å²) in [6.45, 7) is 17.0. The van der Waals surface area contributed by atoms with Crippen LogP contribution in [-0.4, -0.2) is 125 Å². The molecular weight excluding hydrogens is 1540 g/mol. The molecule has 4 aromatic carbocycles. The number of aromatic amines is 1. The lowest BCUT2D eigenvalue weighted by atomic mass is 9.80. The Bertz CT molecular complexity index is 5020. The SMILES string of the molecule is CC.CC(=O)Nc1nc(-c2ccc(F)cc2)c(-c2ccc3nccn3c2)n1CC(F)F.CC(=O)Nc1nc(-c2ccc(F)cc2)c(Br)n1CC(F)F.CC(=O)Nc1nc(-c2ccc(F)cc2)cn1CC(F)F.CC(=O)Nc1ncc(-c2ccc(F)cc2)[nH]1.CC1(C)OB(c2ccc3nccn3c2)OC1(C)C.CCC(F)F. The third kappa shape index (κ3) is 24.8. The summed E-state index contributed by atoms with van der Waals surface area (Å²) in [6, 6.07) is 30.0. The number of amides is 4. The first kappa shape index (κ1) is 86.8. The topological polar surface area (TPSA) is 252 Å². The van der Waals surface area contributed by atoms with E-state index < -0.39 is 80.5 Å². The number of carbonyl (C=O) groups is 4. The summed E-state index contributed by atoms with van der Waals surface area (Å²) < 4.78 is 170. The summed E-state index contributed by atoms with van der Waals surface area (Å²) in [5, 5.41) is 9.82. The lowest BCUT2D eigenvalue weighted by Crippen LogP contribution is -2.41. The van der Waals surface area contributed by atoms with E-state index in [-0.39, 0.29) is 58.9 Å². The van der Waals surface area contributed by atoms with Crippen LogP contribution in [0.1, 0.15) is 82.6 Å². The van der Waals surface area contributed by atoms with Gasteiger partial charge in [-0.05, 0) is 170 Å². The molecule has 22 nitrogen and oxygen atoms in total. The Balaban J connectivity index is 0.000000191. The van der Waals surface area contributed by atoms with Crippen molar-refractivity contribution < 1.29 is 81.2 Å². The first-order valence-corrected chi connectivity index (χ1v) is 34.8. The summed E-state index contributed by atoms with van der Waals surface area (Å²) in [6.07, 6.45) is 3.79. The fraction of sp³-hybridized carbons (Fsp3) is 0.280. The first-order valence-electron chi connectivity index (χ1n) is 34.0. The molecule has 0 atom stereocenters. The van der Waals surface area contributed by atoms with Crippen molar-refractivity contribution in [2.75, 3.05) is 21.3 Å². The van der Waals surface area contributed by atoms with Crippen molar-refractivity contribution in [3.05, 3.63) is 199 Å². The van der Waals surface area contributed by atoms with E-state index in [1.54, 1.807) is 59.7 Å². The van der Waals surface area contributed by atoms with E-state index in [0.717, 1.165) is 31.5 Å². The van der Waals surface area contributed by atoms with E-state index in [0.29, 0.717) is 56.6 Å². The second-order valence-corrected chi connectivity index (χ2v) is 25.5. The average molecular weight is 1620 g/mol. The minimum atomic E-state index is -2.67. The van der Waals surface area contributed by atoms with Crippen molar-refractivity contribution in [1.29, 1.82) is 0 Å². The number of aromatic nitrogens is 12. The van der Waals surface area contributed by atoms with Crippen molar-refractivity contribution in [3.63, 3.8) is 0 Å². The minimum Gasteiger partial charge on any atom is -0.399 e. The van der Waals surface area contributed by atoms with Crippen molar-refractivity contribution in [3.8, 4) is 56.3 Å². The molecule has 8 aromatic heterocycles. The largest absolute Gasteiger partial charge is 0.496 e. The molecule has 588 valence electrons. The van der Waals surface area contributed by atoms with Gasteiger partial charge in [0.25, 0.3) is 19.3 Å². The van der Waals surface area contributed by atoms with Crippen LogP contribution in [-0.2, 0) is 48.1 Å². The molecule has 1 aliphatic rings. The zero-order chi connectivity index (χ0) is 81.6. The quantitative estimate of drug-likeness (QED) is 0.0422. The van der Waals surface area contributed by atoms with Crippen LogP contribution in [0.25, 0.3) is 67.6 Å². The predicted molar refractivity (Wildman–Crippen MR) is 403 cm³/mol. The second-order valence-electron chi connectivity index (χ2n) is 24.8. The fourth-order valence-electron chi connectivity index (χ4n) is 10.1. The van der Waals surface area contributed by atoms with E-state index in [2.05, 4.69) is 99.8 Å². The molecule has 12 aromatic rings. The van der Waals surface area contributed by atoms with Crippen LogP contribution in [0.4, 0.5) is 76.5 Å². The maximum atomic E-state index is 13.4. The Morgan fingerprint density at radius 2 is 0.892 bits per heavy atom. The van der Waals surface area contributed by atoms with Gasteiger partial charge in [0, 0.05) is 99.7 Å². The standard InChI is InChI=1S/C20H16F3N5O.C13H17BN2O2.C13H11BrF3N3O.C13H12F3N3O.C11H10FN3O.C3H6F2.C2H6/c1-12(29)25-20-26-18(13-2-5-15(21)6-3-13)19(28(20)11-16(22)23)14-4-7-17-24-8-9-27(17)10-14;1-12(2)13(3,4)18-14(17-12)10-5-6-11-15-7-8-16(11)9-10;1-7(21)18-13-19-11(8-2-4-9(15)5-3-8)12(14)20(13)6-10(16)17;1-8(20)17-13-18-11(6-19(13)7-12(15)16)9-2-4-10(14)5-3-9;1-7(16)14-11-13-6-10(15-11)8-2-4-9(12)5-3-8;1-2-3(4)5;1-2/h2-10,16H,11H2,1H3,(H,25,26,29);5-9H,1-4H3;2-5,10H,6H2,1H3,(H,18,19,21);2-6,12H,7H2,1H3,(H,17,18,20);2-6H,1H3,(H2,13,14,15,16);3H,2H2,1H3;1-2H3. The van der Waals surface area contributed by atoms with Crippen molar-refractivity contribution in [2.45, 2.75) is 139 Å². The van der Waals surface area contributed by atoms with Gasteiger partial charge in [0.05, 0.1) is 59.8 Å². The van der Waals surface area contributed by atoms with Crippen LogP contribution in [0.5, 0.6) is 0 Å². The number of carbonyl (C=O) groups excluding carboxylic acids is 4. The number of imidazole rings is 6. The van der Waals surface area contributed by atoms with Crippen LogP contribution in [0.15, 0.2) is 176 Å². The number of hydrogen-bond acceptors (Lipinski definition) is 12. The smallest absolute Gasteiger partial charge is 0.399 e. The zero-order valence-corrected chi connectivity index (χ0v) is 63.2. The molecule has 0 bridgehead atoms. The lowest BCUT2D eigenvalue weighted by molar-refractivity contribution is -0.115. The van der Waals surface area contributed by atoms with Crippen LogP contribution >= 0.6 is 15.9 Å². The van der Waals surface area contributed by atoms with Gasteiger partial charge in [0.1, 0.15) is 44.9 Å². The molecule has 9 heterocycles. The minimum absolute atomic E-state index is 0.00199. The molecule has 0 spiro atoms. The third-order valence-corrected chi connectivity index (χ3v) is 16.6. The van der Waals surface area contributed by atoms with Crippen LogP contribution in [0.2, 0.25) is 0 Å². The number of fused-ring (bicyclic) bond motifs is 2. The zero-order valence-electron chi connectivity index (χ0n) is 61.7. The highest BCUT2D eigenvalue weighted by molar-refractivity contribution is 9.10. The number of benzene rings is 4. The van der Waals surface area contributed by atoms with Crippen molar-refractivity contribution in [1.82, 2.24) is 57.4 Å². The van der Waals surface area contributed by atoms with Gasteiger partial charge >= 0.3 is 7.12 Å². The molecule has 1 fully saturated rings. The number of anilines is 4. The summed E-state index contributed by atoms with van der Waals surface area (Å²) in [5.74, 6) is -2.56. The number of pyridine rings is 2. The molecule has 1 saturated heterocycles. The van der Waals surface area contributed by atoms with Gasteiger partial charge in [0.2, 0.25) is 53.8 Å². The van der Waals surface area contributed by atoms with Crippen LogP contribution in [0.3, 0.4) is 0 Å². The molecule has 13 rings (SSSR count). The Labute approximate surface area is 638 Å². The van der Waals surface area contributed by atoms with Gasteiger partial charge in [-0.15, -0.1) is 0 Å². The van der Waals surface area contributed by atoms with Crippen molar-refractivity contribution >= 4 is 87.2 Å². The van der Waals surface area contributed by atoms with Gasteiger partial charge in [-0.2, -0.15) is 0 Å². The molecule has 0 radical (unpaired) electrons. The van der Waals surface area contributed by atoms with Gasteiger partial charge < -0.3 is 32.2 Å². The maximum Gasteiger partial charge on any atom is 0.496 e. The summed E-state index contributed by atoms with van der Waals surface area (Å²) in [5.41, 5.74) is 7.28. The number of halogens is 13. The normalized spacial score (nSPS) is 12.5. The molecule has 0 aliphatic carbocycles. The number of rotatable bonds is 17. The fourth-order valence-corrected chi connectivity index (χ4v) is 10.7. The monoisotopic (exact) mass is 1620 g/mol. The van der Waals surface area contributed by atoms with E-state index in [4.69, 9.17) is 9.31 Å². The molecular formula is C75H78BBrF12N16O6. The highest BCUT2D eigenvalue weighted by atomic mass is 79.9. The van der Waals surface area contributed by atoms with Crippen LogP contribution < -0.4 is 26.7 Å². The third-order valence-electron chi connectivity index (χ3n) is 15.8. The van der Waals surface area contributed by atoms with E-state index >= 15 is 0 Å². The van der Waals surface area contributed by atoms with Gasteiger partial charge in [0.15, 0.2) is 0 Å². The molecule has 36 heteroatoms. The Morgan fingerprint density at radius 3 is 1.36 bits per heavy atom. The molecule has 0 unspecified atom stereocenters. The summed E-state index contributed by atoms with van der Waals surface area (Å²) in [4.78, 5) is 72.5. The molecule has 4 amide bonds. The summed E-state index contributed by atoms with van der Waals surface area (Å²) >= 11 is 3.20. The van der Waals surface area contributed by atoms with E-state index in [1.165, 1.54) is 130 Å². The molecule has 5 N–H and O–H groups in total. The lowest BCUT2D eigenvalue weighted by Gasteiger charge is -2.32. The molecule has 1 aliphatic heterocycles. The summed E-state index contributed by atoms with van der Waals surface area (Å²) in [7, 11) is -0.318. The Hall–Kier alpha value is -11.4. The highest BCUT2D eigenvalue weighted by Crippen LogP contribution is 2.38. The highest BCUT2D eigenvalue weighted by Gasteiger charge is 2.52. The Morgan fingerprint density at radius 1 is 0.486 bits per heavy atom. The number of nitrogens with zero attached hydrogens (tertiary/aromatic N) is 11. The maximum absolute atomic E-state index is 13.4. The second kappa shape index (κ2) is 39.8. The number of hydrogen-bond donors (Lipinski definition) is 5. The molecule has 111 heavy (non-hydrogen) atoms. The number of alkyl halides is 8. The average Bonchev–Trinajstić information content (AvgIpc) is 1.63. The van der Waals surface area contributed by atoms with Crippen molar-refractivity contribution in [2.24, 2.45) is 0 Å². The van der Waals surface area contributed by atoms with Gasteiger partial charge in [-0.3, -0.25) is 45.0 Å². The van der Waals surface area contributed by atoms with E-state index in [1.807, 2.05) is 42.8 Å². The van der Waals surface area contributed by atoms with E-state index in [9.17, 15) is 71.9 Å². The molecule has 0 saturated carbocycles.